The van der Waals surface area contributed by atoms with E-state index >= 15 is 0 Å². The van der Waals surface area contributed by atoms with Gasteiger partial charge in [0.25, 0.3) is 0 Å². The predicted octanol–water partition coefficient (Wildman–Crippen LogP) is 2.76. The van der Waals surface area contributed by atoms with Crippen LogP contribution in [0.3, 0.4) is 0 Å². The number of benzene rings is 1. The molecule has 1 aromatic carbocycles. The zero-order chi connectivity index (χ0) is 24.2. The third kappa shape index (κ3) is 8.95. The number of hydrogen-bond donors (Lipinski definition) is 2. The van der Waals surface area contributed by atoms with E-state index in [2.05, 4.69) is 31.3 Å². The molecule has 2 amide bonds. The fourth-order valence-electron chi connectivity index (χ4n) is 4.05. The molecule has 8 heteroatoms. The van der Waals surface area contributed by atoms with Crippen LogP contribution in [0.4, 0.5) is 4.79 Å². The van der Waals surface area contributed by atoms with Crippen molar-refractivity contribution in [3.63, 3.8) is 0 Å². The van der Waals surface area contributed by atoms with Crippen molar-refractivity contribution in [2.45, 2.75) is 52.2 Å². The van der Waals surface area contributed by atoms with E-state index in [4.69, 9.17) is 19.9 Å². The highest BCUT2D eigenvalue weighted by Crippen LogP contribution is 2.26. The van der Waals surface area contributed by atoms with Crippen LogP contribution in [0.2, 0.25) is 0 Å². The van der Waals surface area contributed by atoms with Crippen molar-refractivity contribution in [2.75, 3.05) is 47.1 Å². The third-order valence-corrected chi connectivity index (χ3v) is 6.17. The van der Waals surface area contributed by atoms with Crippen LogP contribution in [0.15, 0.2) is 18.2 Å². The number of urea groups is 1. The Kier molecular flexibility index (Phi) is 11.6. The van der Waals surface area contributed by atoms with Crippen LogP contribution in [-0.2, 0) is 27.3 Å². The smallest absolute Gasteiger partial charge is 0.317 e. The maximum absolute atomic E-state index is 12.7. The van der Waals surface area contributed by atoms with Crippen molar-refractivity contribution >= 4 is 11.8 Å². The van der Waals surface area contributed by atoms with Gasteiger partial charge in [-0.05, 0) is 55.2 Å². The highest BCUT2D eigenvalue weighted by molar-refractivity contribution is 5.89. The molecule has 186 valence electrons. The summed E-state index contributed by atoms with van der Waals surface area (Å²) in [6.45, 7) is 7.42. The normalized spacial score (nSPS) is 15.9. The van der Waals surface area contributed by atoms with Gasteiger partial charge in [-0.1, -0.05) is 19.9 Å². The monoisotopic (exact) mass is 463 g/mol. The summed E-state index contributed by atoms with van der Waals surface area (Å²) in [5, 5.41) is 2.77. The Morgan fingerprint density at radius 3 is 2.70 bits per heavy atom. The molecule has 1 saturated heterocycles. The lowest BCUT2D eigenvalue weighted by atomic mass is 9.83. The molecule has 8 nitrogen and oxygen atoms in total. The second kappa shape index (κ2) is 14.2. The number of hydrogen-bond acceptors (Lipinski definition) is 6. The number of Topliss-reactive ketones (excluding diaryl/α,β-unsaturated/α-hetero) is 1. The first-order valence-corrected chi connectivity index (χ1v) is 11.9. The Morgan fingerprint density at radius 2 is 2.03 bits per heavy atom. The van der Waals surface area contributed by atoms with Gasteiger partial charge in [-0.2, -0.15) is 0 Å². The summed E-state index contributed by atoms with van der Waals surface area (Å²) in [7, 11) is 3.34. The third-order valence-electron chi connectivity index (χ3n) is 6.17. The Bertz CT molecular complexity index is 756. The molecule has 0 bridgehead atoms. The molecule has 0 radical (unpaired) electrons. The van der Waals surface area contributed by atoms with Crippen LogP contribution in [0.1, 0.15) is 44.2 Å². The standard InChI is InChI=1S/C25H41N3O5/c1-18(2)20(15-22(26)23(29)16-28-10-5-9-27-25(28)30)13-19-7-8-24(32-4)21(14-19)17-33-12-6-11-31-3/h7-8,14,18,20,22H,5-6,9-13,15-17,26H2,1-4H3,(H,27,30)/t20-,22-/m0/s1. The van der Waals surface area contributed by atoms with Gasteiger partial charge in [-0.25, -0.2) is 4.79 Å². The first-order valence-electron chi connectivity index (χ1n) is 11.9. The van der Waals surface area contributed by atoms with E-state index in [0.29, 0.717) is 45.2 Å². The fourth-order valence-corrected chi connectivity index (χ4v) is 4.05. The summed E-state index contributed by atoms with van der Waals surface area (Å²) in [6.07, 6.45) is 3.09. The van der Waals surface area contributed by atoms with Crippen LogP contribution < -0.4 is 15.8 Å². The fraction of sp³-hybridized carbons (Fsp3) is 0.680. The zero-order valence-electron chi connectivity index (χ0n) is 20.6. The van der Waals surface area contributed by atoms with Gasteiger partial charge in [0.15, 0.2) is 5.78 Å². The Balaban J connectivity index is 1.97. The van der Waals surface area contributed by atoms with Gasteiger partial charge in [0.05, 0.1) is 26.3 Å². The largest absolute Gasteiger partial charge is 0.496 e. The average molecular weight is 464 g/mol. The molecule has 1 aliphatic heterocycles. The minimum absolute atomic E-state index is 0.0743. The molecule has 0 aromatic heterocycles. The number of nitrogens with one attached hydrogen (secondary N) is 1. The molecular formula is C25H41N3O5. The van der Waals surface area contributed by atoms with Crippen molar-refractivity contribution < 1.29 is 23.8 Å². The lowest BCUT2D eigenvalue weighted by molar-refractivity contribution is -0.121. The first kappa shape index (κ1) is 27.1. The molecule has 3 N–H and O–H groups in total. The Hall–Kier alpha value is -2.16. The van der Waals surface area contributed by atoms with Crippen LogP contribution in [0.5, 0.6) is 5.75 Å². The minimum atomic E-state index is -0.589. The van der Waals surface area contributed by atoms with E-state index in [1.165, 1.54) is 5.56 Å². The highest BCUT2D eigenvalue weighted by atomic mass is 16.5. The molecule has 1 heterocycles. The summed E-state index contributed by atoms with van der Waals surface area (Å²) >= 11 is 0. The summed E-state index contributed by atoms with van der Waals surface area (Å²) in [6, 6.07) is 5.39. The summed E-state index contributed by atoms with van der Waals surface area (Å²) in [5.41, 5.74) is 8.47. The zero-order valence-corrected chi connectivity index (χ0v) is 20.6. The molecule has 2 rings (SSSR count). The van der Waals surface area contributed by atoms with E-state index in [0.717, 1.165) is 30.6 Å². The lowest BCUT2D eigenvalue weighted by Crippen LogP contribution is -2.51. The number of nitrogens with zero attached hydrogens (tertiary/aromatic N) is 1. The highest BCUT2D eigenvalue weighted by Gasteiger charge is 2.26. The Labute approximate surface area is 198 Å². The number of ether oxygens (including phenoxy) is 3. The van der Waals surface area contributed by atoms with E-state index in [-0.39, 0.29) is 24.3 Å². The second-order valence-electron chi connectivity index (χ2n) is 9.07. The molecule has 0 saturated carbocycles. The molecule has 1 aliphatic rings. The predicted molar refractivity (Wildman–Crippen MR) is 128 cm³/mol. The van der Waals surface area contributed by atoms with E-state index in [1.807, 2.05) is 6.07 Å². The van der Waals surface area contributed by atoms with E-state index in [1.54, 1.807) is 19.1 Å². The van der Waals surface area contributed by atoms with Gasteiger partial charge in [-0.3, -0.25) is 4.79 Å². The number of carbonyl (C=O) groups excluding carboxylic acids is 2. The Morgan fingerprint density at radius 1 is 1.24 bits per heavy atom. The quantitative estimate of drug-likeness (QED) is 0.388. The molecule has 0 spiro atoms. The van der Waals surface area contributed by atoms with Crippen LogP contribution in [0.25, 0.3) is 0 Å². The van der Waals surface area contributed by atoms with E-state index in [9.17, 15) is 9.59 Å². The average Bonchev–Trinajstić information content (AvgIpc) is 2.80. The SMILES string of the molecule is COCCCOCc1cc(C[C@@H](C[C@H](N)C(=O)CN2CCCNC2=O)C(C)C)ccc1OC. The second-order valence-corrected chi connectivity index (χ2v) is 9.07. The summed E-state index contributed by atoms with van der Waals surface area (Å²) < 4.78 is 16.3. The molecule has 1 aromatic rings. The van der Waals surface area contributed by atoms with Crippen LogP contribution in [-0.4, -0.2) is 69.8 Å². The lowest BCUT2D eigenvalue weighted by Gasteiger charge is -2.29. The molecule has 2 atom stereocenters. The van der Waals surface area contributed by atoms with Crippen molar-refractivity contribution in [2.24, 2.45) is 17.6 Å². The number of carbonyl (C=O) groups is 2. The summed E-state index contributed by atoms with van der Waals surface area (Å²) in [5.74, 6) is 1.32. The van der Waals surface area contributed by atoms with Gasteiger partial charge >= 0.3 is 6.03 Å². The minimum Gasteiger partial charge on any atom is -0.496 e. The summed E-state index contributed by atoms with van der Waals surface area (Å²) in [4.78, 5) is 26.2. The maximum Gasteiger partial charge on any atom is 0.317 e. The molecule has 1 fully saturated rings. The molecule has 0 aliphatic carbocycles. The maximum atomic E-state index is 12.7. The molecular weight excluding hydrogens is 422 g/mol. The topological polar surface area (TPSA) is 103 Å². The van der Waals surface area contributed by atoms with Crippen molar-refractivity contribution in [1.29, 1.82) is 0 Å². The molecule has 0 unspecified atom stereocenters. The van der Waals surface area contributed by atoms with Crippen molar-refractivity contribution in [3.8, 4) is 5.75 Å². The number of methoxy groups -OCH3 is 2. The van der Waals surface area contributed by atoms with Crippen molar-refractivity contribution in [1.82, 2.24) is 10.2 Å². The number of nitrogens with two attached hydrogens (primary N) is 1. The number of ketones is 1. The van der Waals surface area contributed by atoms with Gasteiger partial charge in [0.2, 0.25) is 0 Å². The van der Waals surface area contributed by atoms with Gasteiger partial charge in [0, 0.05) is 39.0 Å². The van der Waals surface area contributed by atoms with Crippen LogP contribution >= 0.6 is 0 Å². The van der Waals surface area contributed by atoms with Crippen molar-refractivity contribution in [3.05, 3.63) is 29.3 Å². The van der Waals surface area contributed by atoms with Gasteiger partial charge < -0.3 is 30.2 Å². The number of amides is 2. The van der Waals surface area contributed by atoms with Gasteiger partial charge in [-0.15, -0.1) is 0 Å². The number of rotatable bonds is 15. The van der Waals surface area contributed by atoms with Crippen LogP contribution in [0, 0.1) is 11.8 Å². The van der Waals surface area contributed by atoms with Gasteiger partial charge in [0.1, 0.15) is 5.75 Å². The first-order chi connectivity index (χ1) is 15.8. The molecule has 33 heavy (non-hydrogen) atoms. The van der Waals surface area contributed by atoms with E-state index < -0.39 is 6.04 Å².